The predicted molar refractivity (Wildman–Crippen MR) is 40.8 cm³/mol. The normalized spacial score (nSPS) is 35.8. The Balaban J connectivity index is 2.35. The van der Waals surface area contributed by atoms with Gasteiger partial charge in [0, 0.05) is 5.92 Å². The van der Waals surface area contributed by atoms with Gasteiger partial charge in [0.05, 0.1) is 12.5 Å². The van der Waals surface area contributed by atoms with Crippen LogP contribution in [0.4, 0.5) is 0 Å². The lowest BCUT2D eigenvalue weighted by Gasteiger charge is -2.01. The first-order valence-corrected chi connectivity index (χ1v) is 3.72. The average molecular weight is 150 g/mol. The maximum absolute atomic E-state index is 11.1. The molecule has 0 aromatic rings. The van der Waals surface area contributed by atoms with E-state index in [-0.39, 0.29) is 17.8 Å². The van der Waals surface area contributed by atoms with E-state index in [1.807, 2.05) is 0 Å². The molecule has 1 aliphatic carbocycles. The molecule has 2 heteroatoms. The number of carbonyl (C=O) groups excluding carboxylic acids is 1. The van der Waals surface area contributed by atoms with E-state index in [1.54, 1.807) is 0 Å². The van der Waals surface area contributed by atoms with E-state index in [0.29, 0.717) is 6.61 Å². The first-order chi connectivity index (χ1) is 5.20. The van der Waals surface area contributed by atoms with Crippen LogP contribution in [0.1, 0.15) is 6.42 Å². The lowest BCUT2D eigenvalue weighted by Crippen LogP contribution is -2.10. The van der Waals surface area contributed by atoms with Crippen LogP contribution in [0.3, 0.4) is 0 Å². The smallest absolute Gasteiger partial charge is 0.313 e. The van der Waals surface area contributed by atoms with Crippen molar-refractivity contribution in [3.8, 4) is 0 Å². The fourth-order valence-electron chi connectivity index (χ4n) is 1.86. The summed E-state index contributed by atoms with van der Waals surface area (Å²) in [5.74, 6) is 0.0520. The summed E-state index contributed by atoms with van der Waals surface area (Å²) in [6.07, 6.45) is 0.810. The second kappa shape index (κ2) is 1.97. The van der Waals surface area contributed by atoms with Gasteiger partial charge in [-0.2, -0.15) is 0 Å². The molecule has 2 fully saturated rings. The minimum absolute atomic E-state index is 0.0671. The molecule has 1 aliphatic heterocycles. The van der Waals surface area contributed by atoms with Crippen molar-refractivity contribution >= 4 is 5.97 Å². The number of hydrogen-bond donors (Lipinski definition) is 0. The molecule has 11 heavy (non-hydrogen) atoms. The van der Waals surface area contributed by atoms with Gasteiger partial charge in [-0.1, -0.05) is 24.3 Å². The molecular weight excluding hydrogens is 140 g/mol. The Hall–Kier alpha value is -1.05. The highest BCUT2D eigenvalue weighted by atomic mass is 16.5. The van der Waals surface area contributed by atoms with Crippen molar-refractivity contribution in [3.63, 3.8) is 0 Å². The Morgan fingerprint density at radius 1 is 1.36 bits per heavy atom. The second-order valence-electron chi connectivity index (χ2n) is 3.21. The second-order valence-corrected chi connectivity index (χ2v) is 3.21. The van der Waals surface area contributed by atoms with Crippen molar-refractivity contribution in [2.24, 2.45) is 11.8 Å². The molecule has 0 N–H and O–H groups in total. The van der Waals surface area contributed by atoms with Crippen LogP contribution >= 0.6 is 0 Å². The summed E-state index contributed by atoms with van der Waals surface area (Å²) in [5.41, 5.74) is 2.08. The molecule has 1 saturated heterocycles. The van der Waals surface area contributed by atoms with Gasteiger partial charge in [-0.15, -0.1) is 0 Å². The molecule has 0 aromatic carbocycles. The largest absolute Gasteiger partial charge is 0.465 e. The van der Waals surface area contributed by atoms with Crippen molar-refractivity contribution in [2.75, 3.05) is 6.61 Å². The van der Waals surface area contributed by atoms with Crippen LogP contribution in [0.15, 0.2) is 24.3 Å². The van der Waals surface area contributed by atoms with Gasteiger partial charge in [0.15, 0.2) is 0 Å². The molecule has 0 amide bonds. The molecule has 2 aliphatic rings. The molecule has 0 spiro atoms. The van der Waals surface area contributed by atoms with E-state index in [0.717, 1.165) is 17.6 Å². The molecule has 1 saturated carbocycles. The molecule has 0 radical (unpaired) electrons. The van der Waals surface area contributed by atoms with Crippen LogP contribution in [-0.2, 0) is 9.53 Å². The summed E-state index contributed by atoms with van der Waals surface area (Å²) < 4.78 is 4.90. The van der Waals surface area contributed by atoms with Gasteiger partial charge in [-0.3, -0.25) is 4.79 Å². The van der Waals surface area contributed by atoms with Gasteiger partial charge >= 0.3 is 5.97 Å². The molecule has 2 rings (SSSR count). The first kappa shape index (κ1) is 6.65. The molecule has 2 unspecified atom stereocenters. The van der Waals surface area contributed by atoms with Crippen LogP contribution in [0, 0.1) is 11.8 Å². The minimum atomic E-state index is -0.112. The van der Waals surface area contributed by atoms with Crippen LogP contribution in [0.5, 0.6) is 0 Å². The lowest BCUT2D eigenvalue weighted by atomic mass is 9.96. The lowest BCUT2D eigenvalue weighted by molar-refractivity contribution is -0.140. The summed E-state index contributed by atoms with van der Waals surface area (Å²) in [4.78, 5) is 11.1. The quantitative estimate of drug-likeness (QED) is 0.384. The number of hydrogen-bond acceptors (Lipinski definition) is 2. The Labute approximate surface area is 65.5 Å². The maximum atomic E-state index is 11.1. The molecule has 58 valence electrons. The van der Waals surface area contributed by atoms with E-state index >= 15 is 0 Å². The van der Waals surface area contributed by atoms with Crippen LogP contribution in [0.2, 0.25) is 0 Å². The number of rotatable bonds is 0. The number of fused-ring (bicyclic) bond motifs is 1. The van der Waals surface area contributed by atoms with Crippen molar-refractivity contribution < 1.29 is 9.53 Å². The number of esters is 1. The fourth-order valence-corrected chi connectivity index (χ4v) is 1.86. The fraction of sp³-hybridized carbons (Fsp3) is 0.444. The molecule has 1 heterocycles. The Morgan fingerprint density at radius 3 is 2.73 bits per heavy atom. The summed E-state index contributed by atoms with van der Waals surface area (Å²) in [7, 11) is 0. The first-order valence-electron chi connectivity index (χ1n) is 3.72. The zero-order chi connectivity index (χ0) is 8.01. The van der Waals surface area contributed by atoms with Crippen molar-refractivity contribution in [1.29, 1.82) is 0 Å². The topological polar surface area (TPSA) is 26.3 Å². The third-order valence-corrected chi connectivity index (χ3v) is 2.48. The van der Waals surface area contributed by atoms with E-state index < -0.39 is 0 Å². The van der Waals surface area contributed by atoms with Crippen LogP contribution in [0.25, 0.3) is 0 Å². The third kappa shape index (κ3) is 0.754. The van der Waals surface area contributed by atoms with Crippen molar-refractivity contribution in [3.05, 3.63) is 24.3 Å². The van der Waals surface area contributed by atoms with E-state index in [4.69, 9.17) is 4.74 Å². The monoisotopic (exact) mass is 150 g/mol. The Kier molecular flexibility index (Phi) is 1.19. The molecule has 0 bridgehead atoms. The van der Waals surface area contributed by atoms with Gasteiger partial charge < -0.3 is 4.74 Å². The Morgan fingerprint density at radius 2 is 2.09 bits per heavy atom. The van der Waals surface area contributed by atoms with Gasteiger partial charge in [-0.05, 0) is 6.42 Å². The van der Waals surface area contributed by atoms with Crippen molar-refractivity contribution in [2.45, 2.75) is 6.42 Å². The average Bonchev–Trinajstić information content (AvgIpc) is 2.41. The van der Waals surface area contributed by atoms with Gasteiger partial charge in [0.1, 0.15) is 0 Å². The highest BCUT2D eigenvalue weighted by Crippen LogP contribution is 2.43. The zero-order valence-corrected chi connectivity index (χ0v) is 6.30. The summed E-state index contributed by atoms with van der Waals surface area (Å²) in [6.45, 7) is 8.24. The highest BCUT2D eigenvalue weighted by molar-refractivity contribution is 5.80. The van der Waals surface area contributed by atoms with Gasteiger partial charge in [0.2, 0.25) is 0 Å². The summed E-state index contributed by atoms with van der Waals surface area (Å²) >= 11 is 0. The SMILES string of the molecule is C=C1CC(=C)C2C(=O)OCC12. The van der Waals surface area contributed by atoms with Crippen LogP contribution < -0.4 is 0 Å². The number of carbonyl (C=O) groups is 1. The third-order valence-electron chi connectivity index (χ3n) is 2.48. The molecule has 0 aromatic heterocycles. The molecular formula is C9H10O2. The van der Waals surface area contributed by atoms with Gasteiger partial charge in [0.25, 0.3) is 0 Å². The molecule has 2 nitrogen and oxygen atoms in total. The predicted octanol–water partition coefficient (Wildman–Crippen LogP) is 1.29. The van der Waals surface area contributed by atoms with E-state index in [1.165, 1.54) is 0 Å². The van der Waals surface area contributed by atoms with E-state index in [9.17, 15) is 4.79 Å². The van der Waals surface area contributed by atoms with Crippen molar-refractivity contribution in [1.82, 2.24) is 0 Å². The Bertz CT molecular complexity index is 250. The zero-order valence-electron chi connectivity index (χ0n) is 6.30. The highest BCUT2D eigenvalue weighted by Gasteiger charge is 2.44. The summed E-state index contributed by atoms with van der Waals surface area (Å²) in [5, 5.41) is 0. The van der Waals surface area contributed by atoms with Gasteiger partial charge in [-0.25, -0.2) is 0 Å². The minimum Gasteiger partial charge on any atom is -0.465 e. The standard InChI is InChI=1S/C9H10O2/c1-5-3-6(2)8-7(5)4-11-9(8)10/h7-8H,1-4H2. The summed E-state index contributed by atoms with van der Waals surface area (Å²) in [6, 6.07) is 0. The molecule has 2 atom stereocenters. The number of ether oxygens (including phenoxy) is 1. The van der Waals surface area contributed by atoms with Crippen LogP contribution in [-0.4, -0.2) is 12.6 Å². The van der Waals surface area contributed by atoms with E-state index in [2.05, 4.69) is 13.2 Å². The number of cyclic esters (lactones) is 1. The maximum Gasteiger partial charge on any atom is 0.313 e.